The molecule has 0 heterocycles. The molecule has 0 fully saturated rings. The van der Waals surface area contributed by atoms with Crippen LogP contribution in [0.15, 0.2) is 30.3 Å². The average molecular weight is 194 g/mol. The Hall–Kier alpha value is -1.35. The molecule has 0 unspecified atom stereocenters. The van der Waals surface area contributed by atoms with Gasteiger partial charge in [-0.15, -0.1) is 0 Å². The third-order valence-corrected chi connectivity index (χ3v) is 1.87. The lowest BCUT2D eigenvalue weighted by molar-refractivity contribution is -0.270. The summed E-state index contributed by atoms with van der Waals surface area (Å²) in [6.07, 6.45) is 0.741. The van der Waals surface area contributed by atoms with E-state index in [2.05, 4.69) is 4.89 Å². The zero-order chi connectivity index (χ0) is 10.4. The molecule has 76 valence electrons. The first-order valence-electron chi connectivity index (χ1n) is 4.66. The maximum atomic E-state index is 11.3. The highest BCUT2D eigenvalue weighted by Gasteiger charge is 2.08. The van der Waals surface area contributed by atoms with Crippen molar-refractivity contribution in [3.05, 3.63) is 35.9 Å². The SMILES string of the molecule is CC[C@H](C)OOC(=O)c1ccccc1. The summed E-state index contributed by atoms with van der Waals surface area (Å²) in [4.78, 5) is 20.8. The first-order valence-corrected chi connectivity index (χ1v) is 4.66. The standard InChI is InChI=1S/C11H14O3/c1-3-9(2)13-14-11(12)10-7-5-4-6-8-10/h4-9H,3H2,1-2H3/t9-/m0/s1. The van der Waals surface area contributed by atoms with Crippen LogP contribution in [-0.4, -0.2) is 12.1 Å². The predicted octanol–water partition coefficient (Wildman–Crippen LogP) is 2.57. The van der Waals surface area contributed by atoms with Crippen molar-refractivity contribution >= 4 is 5.97 Å². The van der Waals surface area contributed by atoms with Gasteiger partial charge in [0.05, 0.1) is 5.56 Å². The fraction of sp³-hybridized carbons (Fsp3) is 0.364. The summed E-state index contributed by atoms with van der Waals surface area (Å²) < 4.78 is 0. The lowest BCUT2D eigenvalue weighted by Crippen LogP contribution is -2.12. The van der Waals surface area contributed by atoms with Crippen LogP contribution in [0.3, 0.4) is 0 Å². The highest BCUT2D eigenvalue weighted by molar-refractivity contribution is 5.88. The van der Waals surface area contributed by atoms with Crippen LogP contribution in [0, 0.1) is 0 Å². The van der Waals surface area contributed by atoms with E-state index in [0.29, 0.717) is 5.56 Å². The van der Waals surface area contributed by atoms with E-state index >= 15 is 0 Å². The molecule has 3 heteroatoms. The molecule has 3 nitrogen and oxygen atoms in total. The van der Waals surface area contributed by atoms with Crippen molar-refractivity contribution in [3.8, 4) is 0 Å². The van der Waals surface area contributed by atoms with Crippen molar-refractivity contribution < 1.29 is 14.6 Å². The summed E-state index contributed by atoms with van der Waals surface area (Å²) >= 11 is 0. The minimum Gasteiger partial charge on any atom is -0.293 e. The molecule has 0 spiro atoms. The van der Waals surface area contributed by atoms with Gasteiger partial charge in [0, 0.05) is 0 Å². The molecule has 1 aromatic carbocycles. The first-order chi connectivity index (χ1) is 6.74. The van der Waals surface area contributed by atoms with E-state index in [4.69, 9.17) is 4.89 Å². The van der Waals surface area contributed by atoms with Gasteiger partial charge in [0.15, 0.2) is 0 Å². The van der Waals surface area contributed by atoms with Crippen molar-refractivity contribution in [2.24, 2.45) is 0 Å². The van der Waals surface area contributed by atoms with Gasteiger partial charge < -0.3 is 0 Å². The molecular weight excluding hydrogens is 180 g/mol. The molecule has 1 atom stereocenters. The minimum absolute atomic E-state index is 0.0670. The Morgan fingerprint density at radius 2 is 2.00 bits per heavy atom. The topological polar surface area (TPSA) is 35.5 Å². The van der Waals surface area contributed by atoms with Crippen LogP contribution in [0.1, 0.15) is 30.6 Å². The van der Waals surface area contributed by atoms with Gasteiger partial charge in [0.25, 0.3) is 0 Å². The fourth-order valence-electron chi connectivity index (χ4n) is 0.816. The van der Waals surface area contributed by atoms with E-state index in [-0.39, 0.29) is 6.10 Å². The predicted molar refractivity (Wildman–Crippen MR) is 52.7 cm³/mol. The van der Waals surface area contributed by atoms with Crippen molar-refractivity contribution in [1.82, 2.24) is 0 Å². The average Bonchev–Trinajstić information content (AvgIpc) is 2.26. The van der Waals surface area contributed by atoms with E-state index in [0.717, 1.165) is 6.42 Å². The van der Waals surface area contributed by atoms with Gasteiger partial charge >= 0.3 is 5.97 Å². The highest BCUT2D eigenvalue weighted by atomic mass is 17.2. The van der Waals surface area contributed by atoms with E-state index in [1.165, 1.54) is 0 Å². The Kier molecular flexibility index (Phi) is 4.13. The number of hydrogen-bond acceptors (Lipinski definition) is 3. The normalized spacial score (nSPS) is 12.1. The van der Waals surface area contributed by atoms with Crippen LogP contribution in [-0.2, 0) is 9.78 Å². The largest absolute Gasteiger partial charge is 0.373 e. The van der Waals surface area contributed by atoms with Crippen LogP contribution in [0.25, 0.3) is 0 Å². The Morgan fingerprint density at radius 1 is 1.36 bits per heavy atom. The van der Waals surface area contributed by atoms with Crippen LogP contribution in [0.2, 0.25) is 0 Å². The van der Waals surface area contributed by atoms with Crippen LogP contribution >= 0.6 is 0 Å². The highest BCUT2D eigenvalue weighted by Crippen LogP contribution is 2.04. The summed E-state index contributed by atoms with van der Waals surface area (Å²) in [6, 6.07) is 8.76. The third kappa shape index (κ3) is 3.18. The smallest absolute Gasteiger partial charge is 0.293 e. The van der Waals surface area contributed by atoms with Gasteiger partial charge in [-0.2, -0.15) is 4.89 Å². The summed E-state index contributed by atoms with van der Waals surface area (Å²) in [5.41, 5.74) is 0.496. The van der Waals surface area contributed by atoms with Gasteiger partial charge in [0.2, 0.25) is 0 Å². The molecule has 0 aliphatic rings. The van der Waals surface area contributed by atoms with E-state index in [1.807, 2.05) is 19.9 Å². The minimum atomic E-state index is -0.453. The maximum absolute atomic E-state index is 11.3. The zero-order valence-corrected chi connectivity index (χ0v) is 8.40. The lowest BCUT2D eigenvalue weighted by Gasteiger charge is -2.08. The lowest BCUT2D eigenvalue weighted by atomic mass is 10.2. The number of carbonyl (C=O) groups is 1. The Bertz CT molecular complexity index is 282. The molecule has 14 heavy (non-hydrogen) atoms. The molecule has 0 bridgehead atoms. The van der Waals surface area contributed by atoms with E-state index in [9.17, 15) is 4.79 Å². The van der Waals surface area contributed by atoms with Crippen molar-refractivity contribution in [1.29, 1.82) is 0 Å². The Labute approximate surface area is 83.6 Å². The molecule has 1 aromatic rings. The summed E-state index contributed by atoms with van der Waals surface area (Å²) in [5, 5.41) is 0. The number of hydrogen-bond donors (Lipinski definition) is 0. The molecule has 0 saturated heterocycles. The van der Waals surface area contributed by atoms with Crippen LogP contribution < -0.4 is 0 Å². The molecule has 0 N–H and O–H groups in total. The first kappa shape index (κ1) is 10.7. The van der Waals surface area contributed by atoms with Crippen molar-refractivity contribution in [2.45, 2.75) is 26.4 Å². The molecule has 0 aliphatic carbocycles. The van der Waals surface area contributed by atoms with Gasteiger partial charge in [-0.25, -0.2) is 4.79 Å². The molecule has 0 saturated carbocycles. The summed E-state index contributed by atoms with van der Waals surface area (Å²) in [7, 11) is 0. The van der Waals surface area contributed by atoms with E-state index < -0.39 is 5.97 Å². The van der Waals surface area contributed by atoms with Crippen LogP contribution in [0.5, 0.6) is 0 Å². The van der Waals surface area contributed by atoms with Crippen LogP contribution in [0.4, 0.5) is 0 Å². The van der Waals surface area contributed by atoms with Gasteiger partial charge in [-0.3, -0.25) is 4.89 Å². The number of carbonyl (C=O) groups excluding carboxylic acids is 1. The maximum Gasteiger partial charge on any atom is 0.373 e. The zero-order valence-electron chi connectivity index (χ0n) is 8.40. The van der Waals surface area contributed by atoms with Gasteiger partial charge in [-0.1, -0.05) is 25.1 Å². The van der Waals surface area contributed by atoms with Gasteiger partial charge in [-0.05, 0) is 25.5 Å². The van der Waals surface area contributed by atoms with E-state index in [1.54, 1.807) is 24.3 Å². The second-order valence-electron chi connectivity index (χ2n) is 3.05. The third-order valence-electron chi connectivity index (χ3n) is 1.87. The molecule has 0 aromatic heterocycles. The number of benzene rings is 1. The van der Waals surface area contributed by atoms with Gasteiger partial charge in [0.1, 0.15) is 6.10 Å². The quantitative estimate of drug-likeness (QED) is 0.546. The summed E-state index contributed by atoms with van der Waals surface area (Å²) in [6.45, 7) is 3.80. The fourth-order valence-corrected chi connectivity index (χ4v) is 0.816. The molecular formula is C11H14O3. The Balaban J connectivity index is 2.44. The molecule has 0 radical (unpaired) electrons. The Morgan fingerprint density at radius 3 is 2.57 bits per heavy atom. The number of rotatable bonds is 4. The monoisotopic (exact) mass is 194 g/mol. The second-order valence-corrected chi connectivity index (χ2v) is 3.05. The van der Waals surface area contributed by atoms with Crippen molar-refractivity contribution in [2.75, 3.05) is 0 Å². The molecule has 1 rings (SSSR count). The summed E-state index contributed by atoms with van der Waals surface area (Å²) in [5.74, 6) is -0.453. The molecule has 0 amide bonds. The van der Waals surface area contributed by atoms with Crippen molar-refractivity contribution in [3.63, 3.8) is 0 Å². The second kappa shape index (κ2) is 5.40. The molecule has 0 aliphatic heterocycles.